The first-order valence-electron chi connectivity index (χ1n) is 7.53. The molecule has 0 saturated heterocycles. The van der Waals surface area contributed by atoms with Gasteiger partial charge in [-0.1, -0.05) is 24.3 Å². The molecule has 118 valence electrons. The molecule has 5 heteroatoms. The molecule has 1 heterocycles. The van der Waals surface area contributed by atoms with Crippen molar-refractivity contribution in [2.45, 2.75) is 19.3 Å². The van der Waals surface area contributed by atoms with Gasteiger partial charge in [0.2, 0.25) is 11.8 Å². The number of anilines is 1. The summed E-state index contributed by atoms with van der Waals surface area (Å²) in [6.07, 6.45) is 1.27. The predicted octanol–water partition coefficient (Wildman–Crippen LogP) is 2.22. The van der Waals surface area contributed by atoms with Crippen LogP contribution in [0.5, 0.6) is 0 Å². The van der Waals surface area contributed by atoms with Crippen LogP contribution in [0.2, 0.25) is 0 Å². The summed E-state index contributed by atoms with van der Waals surface area (Å²) in [7, 11) is 0. The first kappa shape index (κ1) is 15.2. The highest BCUT2D eigenvalue weighted by Crippen LogP contribution is 2.23. The number of nitrogens with one attached hydrogen (secondary N) is 2. The molecule has 0 bridgehead atoms. The molecular formula is C18H17FN2O2. The van der Waals surface area contributed by atoms with Crippen molar-refractivity contribution < 1.29 is 14.0 Å². The van der Waals surface area contributed by atoms with E-state index in [9.17, 15) is 14.0 Å². The van der Waals surface area contributed by atoms with Gasteiger partial charge in [0.25, 0.3) is 0 Å². The molecule has 2 aromatic carbocycles. The highest BCUT2D eigenvalue weighted by Gasteiger charge is 2.17. The molecule has 0 radical (unpaired) electrons. The Labute approximate surface area is 133 Å². The van der Waals surface area contributed by atoms with Gasteiger partial charge in [-0.05, 0) is 41.3 Å². The summed E-state index contributed by atoms with van der Waals surface area (Å²) in [6, 6.07) is 11.9. The van der Waals surface area contributed by atoms with Gasteiger partial charge in [0, 0.05) is 12.2 Å². The second-order valence-corrected chi connectivity index (χ2v) is 5.62. The lowest BCUT2D eigenvalue weighted by molar-refractivity contribution is -0.120. The Kier molecular flexibility index (Phi) is 4.37. The van der Waals surface area contributed by atoms with Crippen molar-refractivity contribution in [2.75, 3.05) is 11.9 Å². The van der Waals surface area contributed by atoms with E-state index >= 15 is 0 Å². The summed E-state index contributed by atoms with van der Waals surface area (Å²) in [5.74, 6) is -0.453. The van der Waals surface area contributed by atoms with E-state index in [1.807, 2.05) is 18.2 Å². The molecule has 2 amide bonds. The summed E-state index contributed by atoms with van der Waals surface area (Å²) < 4.78 is 13.1. The number of carbonyl (C=O) groups is 2. The normalized spacial score (nSPS) is 12.7. The average molecular weight is 312 g/mol. The number of rotatable bonds is 5. The standard InChI is InChI=1S/C18H17FN2O2/c19-15-3-1-2-13(9-15)10-17(22)20-7-6-12-4-5-16-14(8-12)11-18(23)21-16/h1-5,8-9H,6-7,10-11H2,(H,20,22)(H,21,23). The Morgan fingerprint density at radius 3 is 2.87 bits per heavy atom. The van der Waals surface area contributed by atoms with Gasteiger partial charge in [-0.15, -0.1) is 0 Å². The van der Waals surface area contributed by atoms with Crippen LogP contribution in [0, 0.1) is 5.82 Å². The molecule has 2 N–H and O–H groups in total. The van der Waals surface area contributed by atoms with E-state index in [0.717, 1.165) is 16.8 Å². The summed E-state index contributed by atoms with van der Waals surface area (Å²) in [5, 5.41) is 5.62. The fourth-order valence-electron chi connectivity index (χ4n) is 2.68. The van der Waals surface area contributed by atoms with Crippen molar-refractivity contribution in [3.8, 4) is 0 Å². The quantitative estimate of drug-likeness (QED) is 0.889. The SMILES string of the molecule is O=C(Cc1cccc(F)c1)NCCc1ccc2c(c1)CC(=O)N2. The summed E-state index contributed by atoms with van der Waals surface area (Å²) in [4.78, 5) is 23.2. The lowest BCUT2D eigenvalue weighted by atomic mass is 10.1. The van der Waals surface area contributed by atoms with E-state index < -0.39 is 0 Å². The van der Waals surface area contributed by atoms with E-state index in [0.29, 0.717) is 24.9 Å². The second-order valence-electron chi connectivity index (χ2n) is 5.62. The molecule has 0 aliphatic carbocycles. The van der Waals surface area contributed by atoms with Crippen LogP contribution < -0.4 is 10.6 Å². The third kappa shape index (κ3) is 3.94. The van der Waals surface area contributed by atoms with Crippen LogP contribution in [-0.4, -0.2) is 18.4 Å². The highest BCUT2D eigenvalue weighted by atomic mass is 19.1. The van der Waals surface area contributed by atoms with Crippen LogP contribution >= 0.6 is 0 Å². The van der Waals surface area contributed by atoms with E-state index in [-0.39, 0.29) is 24.1 Å². The largest absolute Gasteiger partial charge is 0.355 e. The monoisotopic (exact) mass is 312 g/mol. The number of fused-ring (bicyclic) bond motifs is 1. The van der Waals surface area contributed by atoms with Gasteiger partial charge in [0.15, 0.2) is 0 Å². The van der Waals surface area contributed by atoms with Crippen molar-refractivity contribution in [2.24, 2.45) is 0 Å². The van der Waals surface area contributed by atoms with Crippen molar-refractivity contribution in [1.82, 2.24) is 5.32 Å². The van der Waals surface area contributed by atoms with E-state index in [4.69, 9.17) is 0 Å². The fraction of sp³-hybridized carbons (Fsp3) is 0.222. The molecule has 1 aliphatic heterocycles. The minimum atomic E-state index is -0.336. The van der Waals surface area contributed by atoms with Crippen LogP contribution in [0.1, 0.15) is 16.7 Å². The van der Waals surface area contributed by atoms with Crippen LogP contribution in [0.25, 0.3) is 0 Å². The number of benzene rings is 2. The number of amides is 2. The zero-order valence-electron chi connectivity index (χ0n) is 12.6. The Bertz CT molecular complexity index is 758. The van der Waals surface area contributed by atoms with E-state index in [2.05, 4.69) is 10.6 Å². The van der Waals surface area contributed by atoms with Gasteiger partial charge >= 0.3 is 0 Å². The van der Waals surface area contributed by atoms with E-state index in [1.54, 1.807) is 12.1 Å². The minimum Gasteiger partial charge on any atom is -0.355 e. The fourth-order valence-corrected chi connectivity index (χ4v) is 2.68. The third-order valence-electron chi connectivity index (χ3n) is 3.78. The number of hydrogen-bond donors (Lipinski definition) is 2. The molecule has 0 fully saturated rings. The zero-order valence-corrected chi connectivity index (χ0v) is 12.6. The first-order chi connectivity index (χ1) is 11.1. The van der Waals surface area contributed by atoms with Gasteiger partial charge in [-0.2, -0.15) is 0 Å². The molecular weight excluding hydrogens is 295 g/mol. The first-order valence-corrected chi connectivity index (χ1v) is 7.53. The lowest BCUT2D eigenvalue weighted by Crippen LogP contribution is -2.27. The van der Waals surface area contributed by atoms with Gasteiger partial charge in [-0.25, -0.2) is 4.39 Å². The third-order valence-corrected chi connectivity index (χ3v) is 3.78. The Morgan fingerprint density at radius 1 is 1.17 bits per heavy atom. The van der Waals surface area contributed by atoms with Gasteiger partial charge in [0.1, 0.15) is 5.82 Å². The predicted molar refractivity (Wildman–Crippen MR) is 85.6 cm³/mol. The topological polar surface area (TPSA) is 58.2 Å². The van der Waals surface area contributed by atoms with E-state index in [1.165, 1.54) is 12.1 Å². The maximum atomic E-state index is 13.1. The Hall–Kier alpha value is -2.69. The number of hydrogen-bond acceptors (Lipinski definition) is 2. The molecule has 0 atom stereocenters. The lowest BCUT2D eigenvalue weighted by Gasteiger charge is -2.07. The minimum absolute atomic E-state index is 0.0144. The van der Waals surface area contributed by atoms with Crippen molar-refractivity contribution in [3.63, 3.8) is 0 Å². The molecule has 0 saturated carbocycles. The zero-order chi connectivity index (χ0) is 16.2. The number of carbonyl (C=O) groups excluding carboxylic acids is 2. The summed E-state index contributed by atoms with van der Waals surface area (Å²) in [5.41, 5.74) is 3.60. The molecule has 23 heavy (non-hydrogen) atoms. The van der Waals surface area contributed by atoms with Gasteiger partial charge in [0.05, 0.1) is 12.8 Å². The smallest absolute Gasteiger partial charge is 0.228 e. The Balaban J connectivity index is 1.49. The average Bonchev–Trinajstić information content (AvgIpc) is 2.86. The summed E-state index contributed by atoms with van der Waals surface area (Å²) in [6.45, 7) is 0.508. The number of halogens is 1. The van der Waals surface area contributed by atoms with Crippen molar-refractivity contribution in [1.29, 1.82) is 0 Å². The molecule has 0 aromatic heterocycles. The highest BCUT2D eigenvalue weighted by molar-refractivity contribution is 5.99. The molecule has 1 aliphatic rings. The van der Waals surface area contributed by atoms with Gasteiger partial charge < -0.3 is 10.6 Å². The summed E-state index contributed by atoms with van der Waals surface area (Å²) >= 11 is 0. The van der Waals surface area contributed by atoms with Crippen molar-refractivity contribution in [3.05, 3.63) is 65.0 Å². The second kappa shape index (κ2) is 6.60. The van der Waals surface area contributed by atoms with Crippen molar-refractivity contribution >= 4 is 17.5 Å². The van der Waals surface area contributed by atoms with Crippen LogP contribution in [0.3, 0.4) is 0 Å². The van der Waals surface area contributed by atoms with Crippen LogP contribution in [0.4, 0.5) is 10.1 Å². The molecule has 0 spiro atoms. The van der Waals surface area contributed by atoms with Gasteiger partial charge in [-0.3, -0.25) is 9.59 Å². The maximum absolute atomic E-state index is 13.1. The Morgan fingerprint density at radius 2 is 2.04 bits per heavy atom. The molecule has 2 aromatic rings. The maximum Gasteiger partial charge on any atom is 0.228 e. The molecule has 3 rings (SSSR count). The van der Waals surface area contributed by atoms with Crippen LogP contribution in [0.15, 0.2) is 42.5 Å². The van der Waals surface area contributed by atoms with Crippen LogP contribution in [-0.2, 0) is 28.9 Å². The molecule has 0 unspecified atom stereocenters. The molecule has 4 nitrogen and oxygen atoms in total.